The van der Waals surface area contributed by atoms with Gasteiger partial charge in [-0.25, -0.2) is 9.59 Å². The fourth-order valence-corrected chi connectivity index (χ4v) is 5.03. The van der Waals surface area contributed by atoms with E-state index in [1.54, 1.807) is 36.4 Å². The molecule has 0 aliphatic rings. The van der Waals surface area contributed by atoms with E-state index >= 15 is 0 Å². The molecule has 8 nitrogen and oxygen atoms in total. The molecule has 0 heterocycles. The number of aliphatic hydroxyl groups excluding tert-OH is 1. The fourth-order valence-electron chi connectivity index (χ4n) is 5.03. The summed E-state index contributed by atoms with van der Waals surface area (Å²) in [4.78, 5) is 35.6. The van der Waals surface area contributed by atoms with Gasteiger partial charge in [-0.1, -0.05) is 83.4 Å². The van der Waals surface area contributed by atoms with Gasteiger partial charge in [-0.3, -0.25) is 4.79 Å². The number of esters is 2. The first-order valence-electron chi connectivity index (χ1n) is 16.8. The minimum absolute atomic E-state index is 0.137. The zero-order chi connectivity index (χ0) is 34.7. The first-order valence-corrected chi connectivity index (χ1v) is 16.8. The van der Waals surface area contributed by atoms with E-state index in [-0.39, 0.29) is 6.42 Å². The summed E-state index contributed by atoms with van der Waals surface area (Å²) in [5.41, 5.74) is 2.52. The fraction of sp³-hybridized carbons (Fsp3) is 0.375. The van der Waals surface area contributed by atoms with E-state index in [1.165, 1.54) is 0 Å². The number of aldehydes is 1. The van der Waals surface area contributed by atoms with Gasteiger partial charge < -0.3 is 24.1 Å². The summed E-state index contributed by atoms with van der Waals surface area (Å²) >= 11 is 0. The molecule has 0 fully saturated rings. The van der Waals surface area contributed by atoms with Crippen LogP contribution in [0.3, 0.4) is 0 Å². The Morgan fingerprint density at radius 3 is 1.88 bits per heavy atom. The smallest absolute Gasteiger partial charge is 0.343 e. The summed E-state index contributed by atoms with van der Waals surface area (Å²) in [6, 6.07) is 21.2. The van der Waals surface area contributed by atoms with Crippen LogP contribution in [0.15, 0.2) is 97.6 Å². The van der Waals surface area contributed by atoms with Crippen molar-refractivity contribution in [1.82, 2.24) is 0 Å². The van der Waals surface area contributed by atoms with Gasteiger partial charge in [0.1, 0.15) is 29.6 Å². The average Bonchev–Trinajstić information content (AvgIpc) is 3.10. The highest BCUT2D eigenvalue weighted by Gasteiger charge is 2.22. The molecule has 0 radical (unpaired) electrons. The predicted molar refractivity (Wildman–Crippen MR) is 187 cm³/mol. The highest BCUT2D eigenvalue weighted by atomic mass is 16.7. The van der Waals surface area contributed by atoms with Crippen molar-refractivity contribution < 1.29 is 38.4 Å². The third kappa shape index (κ3) is 12.8. The van der Waals surface area contributed by atoms with Gasteiger partial charge in [-0.15, -0.1) is 0 Å². The summed E-state index contributed by atoms with van der Waals surface area (Å²) in [6.07, 6.45) is 8.17. The maximum Gasteiger partial charge on any atom is 0.343 e. The second-order valence-corrected chi connectivity index (χ2v) is 11.7. The predicted octanol–water partition coefficient (Wildman–Crippen LogP) is 8.81. The maximum atomic E-state index is 12.9. The summed E-state index contributed by atoms with van der Waals surface area (Å²) in [7, 11) is 0. The number of benzene rings is 3. The molecule has 0 saturated heterocycles. The number of hydrogen-bond donors (Lipinski definition) is 1. The number of rotatable bonds is 22. The molecule has 0 bridgehead atoms. The van der Waals surface area contributed by atoms with Crippen LogP contribution in [0.1, 0.15) is 88.4 Å². The number of carbonyl (C=O) groups excluding carboxylic acids is 3. The molecule has 0 saturated carbocycles. The van der Waals surface area contributed by atoms with Crippen LogP contribution < -0.4 is 14.2 Å². The van der Waals surface area contributed by atoms with E-state index in [2.05, 4.69) is 27.0 Å². The summed E-state index contributed by atoms with van der Waals surface area (Å²) in [5.74, 6) is 0.458. The van der Waals surface area contributed by atoms with Gasteiger partial charge in [0.25, 0.3) is 0 Å². The minimum atomic E-state index is -0.871. The second kappa shape index (κ2) is 20.5. The molecular formula is C40H48O8. The van der Waals surface area contributed by atoms with Crippen molar-refractivity contribution >= 4 is 18.2 Å². The molecule has 8 heteroatoms. The van der Waals surface area contributed by atoms with Gasteiger partial charge in [0, 0.05) is 18.9 Å². The van der Waals surface area contributed by atoms with Gasteiger partial charge in [0.2, 0.25) is 6.29 Å². The van der Waals surface area contributed by atoms with Crippen LogP contribution in [-0.2, 0) is 14.3 Å². The first kappa shape index (κ1) is 37.8. The molecule has 48 heavy (non-hydrogen) atoms. The minimum Gasteiger partial charge on any atom is -0.488 e. The molecule has 3 rings (SSSR count). The molecule has 0 aliphatic heterocycles. The van der Waals surface area contributed by atoms with Crippen LogP contribution in [0.4, 0.5) is 0 Å². The number of hydrogen-bond acceptors (Lipinski definition) is 8. The molecule has 3 aromatic rings. The Bertz CT molecular complexity index is 1440. The number of ether oxygens (including phenoxy) is 4. The van der Waals surface area contributed by atoms with Crippen molar-refractivity contribution in [3.05, 3.63) is 103 Å². The van der Waals surface area contributed by atoms with Crippen LogP contribution in [-0.4, -0.2) is 41.8 Å². The Balaban J connectivity index is 1.57. The van der Waals surface area contributed by atoms with Crippen molar-refractivity contribution in [3.8, 4) is 28.4 Å². The Morgan fingerprint density at radius 1 is 0.750 bits per heavy atom. The zero-order valence-corrected chi connectivity index (χ0v) is 28.1. The van der Waals surface area contributed by atoms with E-state index in [4.69, 9.17) is 18.9 Å². The standard InChI is InChI=1S/C40H48O8/c1-5-8-10-12-14-39(48-38(43)7-3)46-34-21-15-30(16-22-34)31-17-23-35(24-18-31)47-40(44)32-19-25-33(26-20-32)45-37(13-11-9-6-2)36(42)27-29(4)28-41/h7,15-26,28,36-37,39,42H,3-6,8-14,27H2,1-2H3. The van der Waals surface area contributed by atoms with E-state index < -0.39 is 30.4 Å². The van der Waals surface area contributed by atoms with Gasteiger partial charge in [-0.2, -0.15) is 0 Å². The number of aliphatic hydroxyl groups is 1. The highest BCUT2D eigenvalue weighted by molar-refractivity contribution is 5.91. The Morgan fingerprint density at radius 2 is 1.29 bits per heavy atom. The molecule has 0 aromatic heterocycles. The van der Waals surface area contributed by atoms with Crippen LogP contribution in [0.2, 0.25) is 0 Å². The quantitative estimate of drug-likeness (QED) is 0.0285. The Hall–Kier alpha value is -4.69. The van der Waals surface area contributed by atoms with Crippen molar-refractivity contribution in [2.24, 2.45) is 0 Å². The van der Waals surface area contributed by atoms with Gasteiger partial charge in [-0.05, 0) is 84.5 Å². The van der Waals surface area contributed by atoms with Crippen LogP contribution in [0.25, 0.3) is 11.1 Å². The largest absolute Gasteiger partial charge is 0.488 e. The zero-order valence-electron chi connectivity index (χ0n) is 28.1. The topological polar surface area (TPSA) is 108 Å². The number of unbranched alkanes of at least 4 members (excludes halogenated alkanes) is 5. The molecule has 0 spiro atoms. The highest BCUT2D eigenvalue weighted by Crippen LogP contribution is 2.27. The van der Waals surface area contributed by atoms with E-state index in [0.29, 0.717) is 47.5 Å². The molecule has 0 aliphatic carbocycles. The molecule has 256 valence electrons. The summed E-state index contributed by atoms with van der Waals surface area (Å²) in [6.45, 7) is 11.4. The molecule has 3 aromatic carbocycles. The van der Waals surface area contributed by atoms with Crippen molar-refractivity contribution in [2.75, 3.05) is 0 Å². The van der Waals surface area contributed by atoms with Gasteiger partial charge in [0.15, 0.2) is 0 Å². The summed E-state index contributed by atoms with van der Waals surface area (Å²) in [5, 5.41) is 10.6. The van der Waals surface area contributed by atoms with Crippen LogP contribution in [0.5, 0.6) is 17.2 Å². The van der Waals surface area contributed by atoms with Crippen molar-refractivity contribution in [3.63, 3.8) is 0 Å². The lowest BCUT2D eigenvalue weighted by Gasteiger charge is -2.24. The third-order valence-electron chi connectivity index (χ3n) is 7.76. The van der Waals surface area contributed by atoms with Gasteiger partial charge >= 0.3 is 11.9 Å². The lowest BCUT2D eigenvalue weighted by molar-refractivity contribution is -0.158. The molecule has 1 N–H and O–H groups in total. The second-order valence-electron chi connectivity index (χ2n) is 11.7. The van der Waals surface area contributed by atoms with Crippen molar-refractivity contribution in [1.29, 1.82) is 0 Å². The normalized spacial score (nSPS) is 12.6. The summed E-state index contributed by atoms with van der Waals surface area (Å²) < 4.78 is 23.0. The van der Waals surface area contributed by atoms with Crippen molar-refractivity contribution in [2.45, 2.75) is 96.6 Å². The van der Waals surface area contributed by atoms with Gasteiger partial charge in [0.05, 0.1) is 11.7 Å². The SMILES string of the molecule is C=CC(=O)OC(CCCCCC)Oc1ccc(-c2ccc(OC(=O)c3ccc(OC(CCCCC)C(O)CC(=C)C=O)cc3)cc2)cc1. The number of carbonyl (C=O) groups is 3. The monoisotopic (exact) mass is 656 g/mol. The molecule has 3 atom stereocenters. The lowest BCUT2D eigenvalue weighted by atomic mass is 10.0. The average molecular weight is 657 g/mol. The molecule has 3 unspecified atom stereocenters. The van der Waals surface area contributed by atoms with Crippen LogP contribution >= 0.6 is 0 Å². The first-order chi connectivity index (χ1) is 23.3. The maximum absolute atomic E-state index is 12.9. The van der Waals surface area contributed by atoms with Crippen LogP contribution in [0, 0.1) is 0 Å². The molecule has 0 amide bonds. The molecular weight excluding hydrogens is 608 g/mol. The Labute approximate surface area is 284 Å². The lowest BCUT2D eigenvalue weighted by Crippen LogP contribution is -2.32. The van der Waals surface area contributed by atoms with E-state index in [0.717, 1.165) is 62.1 Å². The van der Waals surface area contributed by atoms with E-state index in [9.17, 15) is 19.5 Å². The third-order valence-corrected chi connectivity index (χ3v) is 7.76. The van der Waals surface area contributed by atoms with E-state index in [1.807, 2.05) is 36.4 Å². The Kier molecular flexibility index (Phi) is 16.1.